The lowest BCUT2D eigenvalue weighted by Gasteiger charge is -2.15. The third-order valence-corrected chi connectivity index (χ3v) is 4.44. The fraction of sp³-hybridized carbons (Fsp3) is 0.294. The van der Waals surface area contributed by atoms with Gasteiger partial charge in [0.05, 0.1) is 0 Å². The zero-order chi connectivity index (χ0) is 13.7. The van der Waals surface area contributed by atoms with E-state index >= 15 is 0 Å². The van der Waals surface area contributed by atoms with E-state index in [4.69, 9.17) is 11.6 Å². The first-order valence-electron chi connectivity index (χ1n) is 6.62. The molecule has 100 valence electrons. The molecule has 2 heteroatoms. The molecule has 2 rings (SSSR count). The van der Waals surface area contributed by atoms with Gasteiger partial charge in [-0.3, -0.25) is 0 Å². The fourth-order valence-electron chi connectivity index (χ4n) is 2.22. The molecule has 2 aromatic rings. The number of hydrogen-bond donors (Lipinski definition) is 0. The molecule has 0 fully saturated rings. The van der Waals surface area contributed by atoms with E-state index in [2.05, 4.69) is 59.3 Å². The van der Waals surface area contributed by atoms with Crippen molar-refractivity contribution in [1.82, 2.24) is 0 Å². The first-order valence-corrected chi connectivity index (χ1v) is 8.12. The maximum atomic E-state index is 6.07. The van der Waals surface area contributed by atoms with Gasteiger partial charge in [0.15, 0.2) is 0 Å². The van der Waals surface area contributed by atoms with Crippen molar-refractivity contribution in [1.29, 1.82) is 0 Å². The Bertz CT molecular complexity index is 519. The third-order valence-electron chi connectivity index (χ3n) is 3.42. The summed E-state index contributed by atoms with van der Waals surface area (Å²) in [6, 6.07) is 17.1. The molecule has 0 amide bonds. The van der Waals surface area contributed by atoms with Crippen LogP contribution in [-0.2, 0) is 12.8 Å². The van der Waals surface area contributed by atoms with Crippen molar-refractivity contribution in [2.75, 3.05) is 5.33 Å². The smallest absolute Gasteiger partial charge is 0.0408 e. The van der Waals surface area contributed by atoms with Crippen molar-refractivity contribution in [3.8, 4) is 0 Å². The highest BCUT2D eigenvalue weighted by Gasteiger charge is 2.11. The van der Waals surface area contributed by atoms with Gasteiger partial charge in [0, 0.05) is 10.4 Å². The SMILES string of the molecule is CCc1ccc(CC(CBr)c2cccc(Cl)c2)cc1. The van der Waals surface area contributed by atoms with Crippen LogP contribution in [0.15, 0.2) is 48.5 Å². The normalized spacial score (nSPS) is 12.4. The van der Waals surface area contributed by atoms with Crippen molar-refractivity contribution in [3.05, 3.63) is 70.2 Å². The second-order valence-corrected chi connectivity index (χ2v) is 5.86. The van der Waals surface area contributed by atoms with E-state index in [-0.39, 0.29) is 0 Å². The number of rotatable bonds is 5. The zero-order valence-corrected chi connectivity index (χ0v) is 13.4. The number of hydrogen-bond acceptors (Lipinski definition) is 0. The molecule has 0 aliphatic heterocycles. The molecule has 2 aromatic carbocycles. The summed E-state index contributed by atoms with van der Waals surface area (Å²) in [7, 11) is 0. The molecule has 0 aliphatic carbocycles. The highest BCUT2D eigenvalue weighted by Crippen LogP contribution is 2.25. The Morgan fingerprint density at radius 2 is 1.74 bits per heavy atom. The molecule has 1 unspecified atom stereocenters. The molecule has 1 atom stereocenters. The maximum absolute atomic E-state index is 6.07. The van der Waals surface area contributed by atoms with Crippen molar-refractivity contribution in [2.24, 2.45) is 0 Å². The Kier molecular flexibility index (Phi) is 5.47. The Morgan fingerprint density at radius 1 is 1.05 bits per heavy atom. The summed E-state index contributed by atoms with van der Waals surface area (Å²) < 4.78 is 0. The highest BCUT2D eigenvalue weighted by molar-refractivity contribution is 9.09. The van der Waals surface area contributed by atoms with Crippen LogP contribution in [0.3, 0.4) is 0 Å². The largest absolute Gasteiger partial charge is 0.0921 e. The van der Waals surface area contributed by atoms with Gasteiger partial charge in [0.2, 0.25) is 0 Å². The van der Waals surface area contributed by atoms with Gasteiger partial charge < -0.3 is 0 Å². The van der Waals surface area contributed by atoms with Crippen LogP contribution in [0.1, 0.15) is 29.5 Å². The molecule has 0 radical (unpaired) electrons. The topological polar surface area (TPSA) is 0 Å². The minimum atomic E-state index is 0.464. The minimum Gasteiger partial charge on any atom is -0.0921 e. The van der Waals surface area contributed by atoms with E-state index in [1.165, 1.54) is 16.7 Å². The average molecular weight is 338 g/mol. The van der Waals surface area contributed by atoms with Crippen LogP contribution in [0.4, 0.5) is 0 Å². The third kappa shape index (κ3) is 4.09. The standard InChI is InChI=1S/C17H18BrCl/c1-2-13-6-8-14(9-7-13)10-16(12-18)15-4-3-5-17(19)11-15/h3-9,11,16H,2,10,12H2,1H3. The second-order valence-electron chi connectivity index (χ2n) is 4.78. The van der Waals surface area contributed by atoms with E-state index < -0.39 is 0 Å². The van der Waals surface area contributed by atoms with Crippen molar-refractivity contribution in [2.45, 2.75) is 25.7 Å². The monoisotopic (exact) mass is 336 g/mol. The number of aryl methyl sites for hydroxylation is 1. The quantitative estimate of drug-likeness (QED) is 0.621. The fourth-order valence-corrected chi connectivity index (χ4v) is 3.02. The predicted octanol–water partition coefficient (Wildman–Crippen LogP) is 5.62. The lowest BCUT2D eigenvalue weighted by molar-refractivity contribution is 0.775. The number of alkyl halides is 1. The molecule has 0 N–H and O–H groups in total. The van der Waals surface area contributed by atoms with E-state index in [9.17, 15) is 0 Å². The zero-order valence-electron chi connectivity index (χ0n) is 11.1. The van der Waals surface area contributed by atoms with E-state index in [0.29, 0.717) is 5.92 Å². The molecule has 19 heavy (non-hydrogen) atoms. The van der Waals surface area contributed by atoms with Gasteiger partial charge in [-0.15, -0.1) is 0 Å². The molecule has 0 aliphatic rings. The van der Waals surface area contributed by atoms with Crippen LogP contribution >= 0.6 is 27.5 Å². The van der Waals surface area contributed by atoms with Crippen LogP contribution in [0.2, 0.25) is 5.02 Å². The summed E-state index contributed by atoms with van der Waals surface area (Å²) in [5, 5.41) is 1.76. The van der Waals surface area contributed by atoms with Gasteiger partial charge in [0.1, 0.15) is 0 Å². The molecule has 0 saturated carbocycles. The van der Waals surface area contributed by atoms with Gasteiger partial charge in [-0.2, -0.15) is 0 Å². The van der Waals surface area contributed by atoms with Crippen molar-refractivity contribution in [3.63, 3.8) is 0 Å². The van der Waals surface area contributed by atoms with Crippen LogP contribution in [0.5, 0.6) is 0 Å². The Morgan fingerprint density at radius 3 is 2.32 bits per heavy atom. The minimum absolute atomic E-state index is 0.464. The Hall–Kier alpha value is -0.790. The van der Waals surface area contributed by atoms with Crippen LogP contribution < -0.4 is 0 Å². The summed E-state index contributed by atoms with van der Waals surface area (Å²) in [5.74, 6) is 0.464. The molecular weight excluding hydrogens is 320 g/mol. The lowest BCUT2D eigenvalue weighted by Crippen LogP contribution is -2.04. The Labute approximate surface area is 128 Å². The van der Waals surface area contributed by atoms with Gasteiger partial charge >= 0.3 is 0 Å². The molecule has 0 aromatic heterocycles. The first kappa shape index (κ1) is 14.6. The summed E-state index contributed by atoms with van der Waals surface area (Å²) in [5.41, 5.74) is 4.06. The number of halogens is 2. The highest BCUT2D eigenvalue weighted by atomic mass is 79.9. The van der Waals surface area contributed by atoms with Crippen molar-refractivity contribution < 1.29 is 0 Å². The molecular formula is C17H18BrCl. The van der Waals surface area contributed by atoms with Crippen LogP contribution in [0, 0.1) is 0 Å². The molecule has 0 bridgehead atoms. The lowest BCUT2D eigenvalue weighted by atomic mass is 9.93. The number of benzene rings is 2. The van der Waals surface area contributed by atoms with Crippen molar-refractivity contribution >= 4 is 27.5 Å². The predicted molar refractivity (Wildman–Crippen MR) is 87.5 cm³/mol. The first-order chi connectivity index (χ1) is 9.22. The van der Waals surface area contributed by atoms with Gasteiger partial charge in [-0.25, -0.2) is 0 Å². The molecule has 0 spiro atoms. The maximum Gasteiger partial charge on any atom is 0.0408 e. The average Bonchev–Trinajstić information content (AvgIpc) is 2.45. The van der Waals surface area contributed by atoms with Gasteiger partial charge in [-0.05, 0) is 47.6 Å². The van der Waals surface area contributed by atoms with Crippen LogP contribution in [0.25, 0.3) is 0 Å². The Balaban J connectivity index is 2.14. The summed E-state index contributed by atoms with van der Waals surface area (Å²) in [6.45, 7) is 2.18. The molecule has 0 saturated heterocycles. The summed E-state index contributed by atoms with van der Waals surface area (Å²) in [4.78, 5) is 0. The van der Waals surface area contributed by atoms with E-state index in [1.54, 1.807) is 0 Å². The molecule has 0 nitrogen and oxygen atoms in total. The summed E-state index contributed by atoms with van der Waals surface area (Å²) in [6.07, 6.45) is 2.13. The molecule has 0 heterocycles. The van der Waals surface area contributed by atoms with Gasteiger partial charge in [-0.1, -0.05) is 70.9 Å². The van der Waals surface area contributed by atoms with Crippen LogP contribution in [-0.4, -0.2) is 5.33 Å². The van der Waals surface area contributed by atoms with E-state index in [0.717, 1.165) is 23.2 Å². The second kappa shape index (κ2) is 7.12. The summed E-state index contributed by atoms with van der Waals surface area (Å²) >= 11 is 9.69. The van der Waals surface area contributed by atoms with Gasteiger partial charge in [0.25, 0.3) is 0 Å². The van der Waals surface area contributed by atoms with E-state index in [1.807, 2.05) is 12.1 Å².